The first-order chi connectivity index (χ1) is 17.2. The minimum absolute atomic E-state index is 0.0805. The Hall–Kier alpha value is -4.13. The lowest BCUT2D eigenvalue weighted by Crippen LogP contribution is -2.35. The molecule has 0 aliphatic carbocycles. The Morgan fingerprint density at radius 1 is 1.03 bits per heavy atom. The zero-order chi connectivity index (χ0) is 26.1. The van der Waals surface area contributed by atoms with Gasteiger partial charge in [0.1, 0.15) is 17.1 Å². The minimum Gasteiger partial charge on any atom is -0.497 e. The number of allylic oxidation sites excluding steroid dienone is 3. The second-order valence-electron chi connectivity index (χ2n) is 8.89. The predicted molar refractivity (Wildman–Crippen MR) is 137 cm³/mol. The molecule has 2 heterocycles. The van der Waals surface area contributed by atoms with Crippen LogP contribution < -0.4 is 10.2 Å². The number of nitrogens with zero attached hydrogens (tertiary/aromatic N) is 1. The molecule has 0 bridgehead atoms. The molecule has 7 heteroatoms. The molecule has 4 rings (SSSR count). The Bertz CT molecular complexity index is 1490. The average Bonchev–Trinajstić information content (AvgIpc) is 2.85. The highest BCUT2D eigenvalue weighted by atomic mass is 16.5. The zero-order valence-electron chi connectivity index (χ0n) is 21.0. The van der Waals surface area contributed by atoms with Gasteiger partial charge in [0.15, 0.2) is 11.2 Å². The second-order valence-corrected chi connectivity index (χ2v) is 8.89. The highest BCUT2D eigenvalue weighted by Crippen LogP contribution is 2.45. The van der Waals surface area contributed by atoms with Crippen molar-refractivity contribution in [1.82, 2.24) is 4.90 Å². The Morgan fingerprint density at radius 2 is 1.72 bits per heavy atom. The normalized spacial score (nSPS) is 16.0. The van der Waals surface area contributed by atoms with Gasteiger partial charge in [0.05, 0.1) is 24.0 Å². The molecule has 2 aromatic carbocycles. The molecule has 1 N–H and O–H groups in total. The number of carbonyl (C=O) groups excluding carboxylic acids is 1. The molecule has 3 aromatic rings. The van der Waals surface area contributed by atoms with Crippen molar-refractivity contribution in [1.29, 1.82) is 0 Å². The quantitative estimate of drug-likeness (QED) is 0.444. The number of benzene rings is 2. The van der Waals surface area contributed by atoms with E-state index in [2.05, 4.69) is 0 Å². The van der Waals surface area contributed by atoms with E-state index >= 15 is 0 Å². The fourth-order valence-corrected chi connectivity index (χ4v) is 5.01. The number of ketones is 1. The first-order valence-electron chi connectivity index (χ1n) is 11.8. The molecule has 1 aliphatic heterocycles. The number of carboxylic acid groups (broad SMARTS) is 1. The number of carbonyl (C=O) groups is 2. The molecule has 0 spiro atoms. The Kier molecular flexibility index (Phi) is 6.84. The molecular weight excluding hydrogens is 458 g/mol. The van der Waals surface area contributed by atoms with Crippen LogP contribution in [0, 0.1) is 6.92 Å². The van der Waals surface area contributed by atoms with E-state index in [1.54, 1.807) is 56.3 Å². The van der Waals surface area contributed by atoms with E-state index in [4.69, 9.17) is 9.15 Å². The van der Waals surface area contributed by atoms with Gasteiger partial charge < -0.3 is 19.2 Å². The van der Waals surface area contributed by atoms with E-state index in [1.807, 2.05) is 18.7 Å². The summed E-state index contributed by atoms with van der Waals surface area (Å²) in [6, 6.07) is 13.3. The third kappa shape index (κ3) is 4.21. The monoisotopic (exact) mass is 487 g/mol. The summed E-state index contributed by atoms with van der Waals surface area (Å²) < 4.78 is 11.3. The standard InChI is InChI=1S/C29H29NO6/c1-6-13-30-17(3)24(27(32)19-9-7-10-20(15-19)35-5)26(25(18(30)4)29(33)34)22-12-8-11-21-23(31)14-16(2)36-28(21)22/h7-12,14-15,26H,6,13H2,1-5H3,(H,33,34). The lowest BCUT2D eigenvalue weighted by Gasteiger charge is -2.38. The van der Waals surface area contributed by atoms with E-state index in [1.165, 1.54) is 13.2 Å². The maximum absolute atomic E-state index is 14.1. The third-order valence-electron chi connectivity index (χ3n) is 6.64. The number of rotatable bonds is 7. The molecule has 1 aromatic heterocycles. The van der Waals surface area contributed by atoms with Crippen LogP contribution in [0.25, 0.3) is 11.0 Å². The molecular formula is C29H29NO6. The maximum Gasteiger partial charge on any atom is 0.334 e. The lowest BCUT2D eigenvalue weighted by atomic mass is 9.76. The summed E-state index contributed by atoms with van der Waals surface area (Å²) in [6.07, 6.45) is 0.759. The van der Waals surface area contributed by atoms with Crippen LogP contribution in [0.5, 0.6) is 5.75 Å². The van der Waals surface area contributed by atoms with E-state index in [9.17, 15) is 19.5 Å². The molecule has 7 nitrogen and oxygen atoms in total. The van der Waals surface area contributed by atoms with Crippen LogP contribution >= 0.6 is 0 Å². The number of Topliss-reactive ketones (excluding diaryl/α,β-unsaturated/α-hetero) is 1. The van der Waals surface area contributed by atoms with E-state index in [0.717, 1.165) is 6.42 Å². The number of ether oxygens (including phenoxy) is 1. The maximum atomic E-state index is 14.1. The number of aliphatic carboxylic acids is 1. The first-order valence-corrected chi connectivity index (χ1v) is 11.8. The predicted octanol–water partition coefficient (Wildman–Crippen LogP) is 5.43. The zero-order valence-corrected chi connectivity index (χ0v) is 21.0. The van der Waals surface area contributed by atoms with Gasteiger partial charge in [-0.05, 0) is 45.4 Å². The number of hydrogen-bond acceptors (Lipinski definition) is 6. The summed E-state index contributed by atoms with van der Waals surface area (Å²) in [4.78, 5) is 41.5. The largest absolute Gasteiger partial charge is 0.497 e. The molecule has 1 atom stereocenters. The summed E-state index contributed by atoms with van der Waals surface area (Å²) in [5.41, 5.74) is 2.54. The number of carboxylic acids is 1. The lowest BCUT2D eigenvalue weighted by molar-refractivity contribution is -0.133. The van der Waals surface area contributed by atoms with Crippen LogP contribution in [-0.2, 0) is 4.79 Å². The highest BCUT2D eigenvalue weighted by molar-refractivity contribution is 6.13. The highest BCUT2D eigenvalue weighted by Gasteiger charge is 2.40. The van der Waals surface area contributed by atoms with Crippen LogP contribution in [-0.4, -0.2) is 35.4 Å². The number of methoxy groups -OCH3 is 1. The SMILES string of the molecule is CCCN1C(C)=C(C(=O)O)C(c2cccc3c(=O)cc(C)oc23)C(C(=O)c2cccc(OC)c2)=C1C. The van der Waals surface area contributed by atoms with Gasteiger partial charge in [-0.15, -0.1) is 0 Å². The van der Waals surface area contributed by atoms with Gasteiger partial charge in [0.25, 0.3) is 0 Å². The number of aryl methyl sites for hydroxylation is 1. The number of para-hydroxylation sites is 1. The van der Waals surface area contributed by atoms with Crippen molar-refractivity contribution in [3.05, 3.63) is 98.2 Å². The Balaban J connectivity index is 2.07. The average molecular weight is 488 g/mol. The summed E-state index contributed by atoms with van der Waals surface area (Å²) >= 11 is 0. The fraction of sp³-hybridized carbons (Fsp3) is 0.276. The van der Waals surface area contributed by atoms with Gasteiger partial charge in [-0.2, -0.15) is 0 Å². The molecule has 0 amide bonds. The summed E-state index contributed by atoms with van der Waals surface area (Å²) in [7, 11) is 1.52. The van der Waals surface area contributed by atoms with Gasteiger partial charge >= 0.3 is 5.97 Å². The molecule has 36 heavy (non-hydrogen) atoms. The topological polar surface area (TPSA) is 97.0 Å². The van der Waals surface area contributed by atoms with Crippen molar-refractivity contribution in [2.24, 2.45) is 0 Å². The molecule has 0 saturated heterocycles. The summed E-state index contributed by atoms with van der Waals surface area (Å²) in [5.74, 6) is -1.45. The Morgan fingerprint density at radius 3 is 2.39 bits per heavy atom. The molecule has 0 radical (unpaired) electrons. The van der Waals surface area contributed by atoms with Crippen LogP contribution in [0.1, 0.15) is 54.8 Å². The minimum atomic E-state index is -1.13. The van der Waals surface area contributed by atoms with E-state index in [0.29, 0.717) is 51.5 Å². The number of hydrogen-bond donors (Lipinski definition) is 1. The first kappa shape index (κ1) is 25.0. The van der Waals surface area contributed by atoms with Gasteiger partial charge in [-0.3, -0.25) is 9.59 Å². The molecule has 0 saturated carbocycles. The summed E-state index contributed by atoms with van der Waals surface area (Å²) in [5, 5.41) is 10.8. The second kappa shape index (κ2) is 9.85. The van der Waals surface area contributed by atoms with Gasteiger partial charge in [0.2, 0.25) is 0 Å². The van der Waals surface area contributed by atoms with Gasteiger partial charge in [-0.1, -0.05) is 31.2 Å². The fourth-order valence-electron chi connectivity index (χ4n) is 5.01. The molecule has 0 fully saturated rings. The Labute approximate surface area is 209 Å². The van der Waals surface area contributed by atoms with Crippen molar-refractivity contribution in [3.8, 4) is 5.75 Å². The van der Waals surface area contributed by atoms with Crippen molar-refractivity contribution < 1.29 is 23.8 Å². The van der Waals surface area contributed by atoms with Crippen LogP contribution in [0.4, 0.5) is 0 Å². The van der Waals surface area contributed by atoms with Gasteiger partial charge in [0, 0.05) is 40.7 Å². The molecule has 186 valence electrons. The van der Waals surface area contributed by atoms with Crippen LogP contribution in [0.3, 0.4) is 0 Å². The van der Waals surface area contributed by atoms with Crippen molar-refractivity contribution >= 4 is 22.7 Å². The van der Waals surface area contributed by atoms with Crippen molar-refractivity contribution in [2.45, 2.75) is 40.0 Å². The summed E-state index contributed by atoms with van der Waals surface area (Å²) in [6.45, 7) is 7.82. The van der Waals surface area contributed by atoms with E-state index in [-0.39, 0.29) is 22.4 Å². The van der Waals surface area contributed by atoms with E-state index < -0.39 is 11.9 Å². The molecule has 1 aliphatic rings. The smallest absolute Gasteiger partial charge is 0.334 e. The van der Waals surface area contributed by atoms with Crippen LogP contribution in [0.15, 0.2) is 80.3 Å². The van der Waals surface area contributed by atoms with Crippen molar-refractivity contribution in [2.75, 3.05) is 13.7 Å². The third-order valence-corrected chi connectivity index (χ3v) is 6.64. The van der Waals surface area contributed by atoms with Gasteiger partial charge in [-0.25, -0.2) is 4.79 Å². The molecule has 1 unspecified atom stereocenters. The van der Waals surface area contributed by atoms with Crippen LogP contribution in [0.2, 0.25) is 0 Å². The van der Waals surface area contributed by atoms with Crippen molar-refractivity contribution in [3.63, 3.8) is 0 Å². The number of fused-ring (bicyclic) bond motifs is 1.